The lowest BCUT2D eigenvalue weighted by atomic mass is 9.62. The van der Waals surface area contributed by atoms with Gasteiger partial charge in [0.2, 0.25) is 0 Å². The number of hydrogen-bond acceptors (Lipinski definition) is 2. The second-order valence-electron chi connectivity index (χ2n) is 7.48. The lowest BCUT2D eigenvalue weighted by molar-refractivity contribution is 0.0275. The molecule has 1 spiro atoms. The molecule has 0 aromatic rings. The molecular weight excluding hydrogens is 236 g/mol. The number of aliphatic hydroxyl groups excluding tert-OH is 1. The van der Waals surface area contributed by atoms with Gasteiger partial charge in [-0.05, 0) is 81.5 Å². The largest absolute Gasteiger partial charge is 0.393 e. The highest BCUT2D eigenvalue weighted by atomic mass is 16.5. The molecule has 19 heavy (non-hydrogen) atoms. The van der Waals surface area contributed by atoms with Gasteiger partial charge < -0.3 is 9.84 Å². The summed E-state index contributed by atoms with van der Waals surface area (Å²) in [6, 6.07) is 0. The van der Waals surface area contributed by atoms with E-state index in [-0.39, 0.29) is 6.10 Å². The molecule has 0 aromatic heterocycles. The Morgan fingerprint density at radius 1 is 0.842 bits per heavy atom. The smallest absolute Gasteiger partial charge is 0.0540 e. The van der Waals surface area contributed by atoms with Gasteiger partial charge in [-0.25, -0.2) is 0 Å². The van der Waals surface area contributed by atoms with Crippen molar-refractivity contribution in [3.8, 4) is 0 Å². The molecule has 3 aliphatic rings. The minimum atomic E-state index is 0.00529. The fraction of sp³-hybridized carbons (Fsp3) is 1.00. The maximum Gasteiger partial charge on any atom is 0.0540 e. The minimum absolute atomic E-state index is 0.00529. The van der Waals surface area contributed by atoms with Crippen LogP contribution in [0.15, 0.2) is 0 Å². The zero-order valence-corrected chi connectivity index (χ0v) is 12.3. The van der Waals surface area contributed by atoms with Crippen LogP contribution in [-0.4, -0.2) is 24.4 Å². The molecule has 0 bridgehead atoms. The first-order chi connectivity index (χ1) is 9.26. The van der Waals surface area contributed by atoms with E-state index in [2.05, 4.69) is 0 Å². The molecule has 1 unspecified atom stereocenters. The van der Waals surface area contributed by atoms with Crippen molar-refractivity contribution in [3.63, 3.8) is 0 Å². The number of rotatable bonds is 3. The predicted octanol–water partition coefficient (Wildman–Crippen LogP) is 3.91. The number of aliphatic hydroxyl groups is 1. The van der Waals surface area contributed by atoms with Crippen molar-refractivity contribution in [1.82, 2.24) is 0 Å². The van der Waals surface area contributed by atoms with Crippen molar-refractivity contribution >= 4 is 0 Å². The number of ether oxygens (including phenoxy) is 1. The van der Waals surface area contributed by atoms with Crippen molar-refractivity contribution in [2.45, 2.75) is 76.7 Å². The van der Waals surface area contributed by atoms with E-state index < -0.39 is 0 Å². The molecule has 2 saturated carbocycles. The average molecular weight is 266 g/mol. The van der Waals surface area contributed by atoms with Gasteiger partial charge in [0.05, 0.1) is 6.10 Å². The summed E-state index contributed by atoms with van der Waals surface area (Å²) in [6.07, 6.45) is 14.6. The Morgan fingerprint density at radius 2 is 1.47 bits per heavy atom. The van der Waals surface area contributed by atoms with Crippen LogP contribution in [0.2, 0.25) is 0 Å². The van der Waals surface area contributed by atoms with Gasteiger partial charge in [-0.3, -0.25) is 0 Å². The summed E-state index contributed by atoms with van der Waals surface area (Å²) in [4.78, 5) is 0. The molecule has 110 valence electrons. The highest BCUT2D eigenvalue weighted by Gasteiger charge is 2.38. The molecule has 1 heterocycles. The van der Waals surface area contributed by atoms with E-state index in [1.54, 1.807) is 0 Å². The highest BCUT2D eigenvalue weighted by Crippen LogP contribution is 2.49. The second kappa shape index (κ2) is 6.13. The third kappa shape index (κ3) is 3.52. The molecule has 0 aromatic carbocycles. The third-order valence-corrected chi connectivity index (χ3v) is 6.19. The Labute approximate surface area is 117 Å². The Bertz CT molecular complexity index is 265. The number of hydrogen-bond donors (Lipinski definition) is 1. The average Bonchev–Trinajstić information content (AvgIpc) is 2.95. The summed E-state index contributed by atoms with van der Waals surface area (Å²) in [7, 11) is 0. The molecule has 1 atom stereocenters. The van der Waals surface area contributed by atoms with Crippen molar-refractivity contribution < 1.29 is 9.84 Å². The Balaban J connectivity index is 1.39. The molecule has 1 aliphatic heterocycles. The van der Waals surface area contributed by atoms with Gasteiger partial charge in [-0.2, -0.15) is 0 Å². The molecule has 3 rings (SSSR count). The van der Waals surface area contributed by atoms with Crippen LogP contribution >= 0.6 is 0 Å². The molecular formula is C17H30O2. The first-order valence-electron chi connectivity index (χ1n) is 8.52. The molecule has 2 aliphatic carbocycles. The van der Waals surface area contributed by atoms with Crippen LogP contribution in [0.5, 0.6) is 0 Å². The fourth-order valence-electron chi connectivity index (χ4n) is 4.58. The van der Waals surface area contributed by atoms with Gasteiger partial charge in [-0.15, -0.1) is 0 Å². The van der Waals surface area contributed by atoms with E-state index in [1.165, 1.54) is 57.8 Å². The highest BCUT2D eigenvalue weighted by molar-refractivity contribution is 4.90. The SMILES string of the molecule is OC1CCC2(CC1)CCC(CCC1CCOC1)CC2. The minimum Gasteiger partial charge on any atom is -0.393 e. The van der Waals surface area contributed by atoms with Crippen molar-refractivity contribution in [1.29, 1.82) is 0 Å². The first kappa shape index (κ1) is 13.9. The molecule has 2 nitrogen and oxygen atoms in total. The lowest BCUT2D eigenvalue weighted by Gasteiger charge is -2.44. The van der Waals surface area contributed by atoms with E-state index in [1.807, 2.05) is 0 Å². The maximum absolute atomic E-state index is 9.67. The molecule has 1 N–H and O–H groups in total. The normalized spacial score (nSPS) is 43.7. The zero-order chi connectivity index (χ0) is 13.1. The molecule has 2 heteroatoms. The molecule has 0 amide bonds. The summed E-state index contributed by atoms with van der Waals surface area (Å²) < 4.78 is 5.47. The van der Waals surface area contributed by atoms with Gasteiger partial charge in [0.15, 0.2) is 0 Å². The quantitative estimate of drug-likeness (QED) is 0.839. The van der Waals surface area contributed by atoms with Gasteiger partial charge in [-0.1, -0.05) is 6.42 Å². The van der Waals surface area contributed by atoms with Crippen LogP contribution in [0.4, 0.5) is 0 Å². The third-order valence-electron chi connectivity index (χ3n) is 6.19. The van der Waals surface area contributed by atoms with E-state index in [0.717, 1.165) is 37.9 Å². The van der Waals surface area contributed by atoms with E-state index in [4.69, 9.17) is 4.74 Å². The maximum atomic E-state index is 9.67. The van der Waals surface area contributed by atoms with Crippen molar-refractivity contribution in [3.05, 3.63) is 0 Å². The first-order valence-corrected chi connectivity index (χ1v) is 8.52. The topological polar surface area (TPSA) is 29.5 Å². The molecule has 3 fully saturated rings. The zero-order valence-electron chi connectivity index (χ0n) is 12.3. The van der Waals surface area contributed by atoms with Crippen LogP contribution in [0.25, 0.3) is 0 Å². The van der Waals surface area contributed by atoms with E-state index >= 15 is 0 Å². The Kier molecular flexibility index (Phi) is 4.48. The van der Waals surface area contributed by atoms with Gasteiger partial charge in [0, 0.05) is 13.2 Å². The van der Waals surface area contributed by atoms with E-state index in [0.29, 0.717) is 5.41 Å². The summed E-state index contributed by atoms with van der Waals surface area (Å²) in [5.41, 5.74) is 0.631. The monoisotopic (exact) mass is 266 g/mol. The molecule has 0 radical (unpaired) electrons. The van der Waals surface area contributed by atoms with Crippen molar-refractivity contribution in [2.75, 3.05) is 13.2 Å². The van der Waals surface area contributed by atoms with Crippen LogP contribution in [-0.2, 0) is 4.74 Å². The van der Waals surface area contributed by atoms with E-state index in [9.17, 15) is 5.11 Å². The summed E-state index contributed by atoms with van der Waals surface area (Å²) in [5, 5.41) is 9.67. The van der Waals surface area contributed by atoms with Gasteiger partial charge in [0.1, 0.15) is 0 Å². The predicted molar refractivity (Wildman–Crippen MR) is 77.0 cm³/mol. The van der Waals surface area contributed by atoms with Crippen LogP contribution < -0.4 is 0 Å². The Hall–Kier alpha value is -0.0800. The Morgan fingerprint density at radius 3 is 2.11 bits per heavy atom. The summed E-state index contributed by atoms with van der Waals surface area (Å²) in [5.74, 6) is 1.85. The van der Waals surface area contributed by atoms with Gasteiger partial charge >= 0.3 is 0 Å². The van der Waals surface area contributed by atoms with Crippen LogP contribution in [0.1, 0.15) is 70.6 Å². The summed E-state index contributed by atoms with van der Waals surface area (Å²) >= 11 is 0. The molecule has 1 saturated heterocycles. The summed E-state index contributed by atoms with van der Waals surface area (Å²) in [6.45, 7) is 2.02. The van der Waals surface area contributed by atoms with Crippen LogP contribution in [0.3, 0.4) is 0 Å². The lowest BCUT2D eigenvalue weighted by Crippen LogP contribution is -2.33. The second-order valence-corrected chi connectivity index (χ2v) is 7.48. The van der Waals surface area contributed by atoms with Gasteiger partial charge in [0.25, 0.3) is 0 Å². The van der Waals surface area contributed by atoms with Crippen molar-refractivity contribution in [2.24, 2.45) is 17.3 Å². The fourth-order valence-corrected chi connectivity index (χ4v) is 4.58. The van der Waals surface area contributed by atoms with Crippen LogP contribution in [0, 0.1) is 17.3 Å². The standard InChI is InChI=1S/C17H30O2/c18-16-5-10-17(11-6-16)8-3-14(4-9-17)1-2-15-7-12-19-13-15/h14-16,18H,1-13H2.